The Labute approximate surface area is 96.7 Å². The highest BCUT2D eigenvalue weighted by atomic mass is 15.2. The van der Waals surface area contributed by atoms with Crippen molar-refractivity contribution in [2.45, 2.75) is 32.7 Å². The fourth-order valence-electron chi connectivity index (χ4n) is 2.30. The maximum Gasteiger partial charge on any atom is 0.130 e. The van der Waals surface area contributed by atoms with Gasteiger partial charge in [0.1, 0.15) is 5.82 Å². The maximum atomic E-state index is 8.88. The van der Waals surface area contributed by atoms with E-state index in [4.69, 9.17) is 5.26 Å². The number of anilines is 1. The van der Waals surface area contributed by atoms with E-state index in [9.17, 15) is 0 Å². The van der Waals surface area contributed by atoms with Crippen LogP contribution in [0.1, 0.15) is 32.3 Å². The molecule has 0 bridgehead atoms. The Morgan fingerprint density at radius 2 is 2.31 bits per heavy atom. The Hall–Kier alpha value is -1.56. The van der Waals surface area contributed by atoms with Gasteiger partial charge in [-0.2, -0.15) is 5.26 Å². The van der Waals surface area contributed by atoms with Gasteiger partial charge in [-0.3, -0.25) is 0 Å². The van der Waals surface area contributed by atoms with Crippen molar-refractivity contribution in [3.8, 4) is 6.07 Å². The number of rotatable bonds is 1. The highest BCUT2D eigenvalue weighted by Crippen LogP contribution is 2.27. The molecule has 3 heteroatoms. The van der Waals surface area contributed by atoms with Crippen LogP contribution in [0.15, 0.2) is 18.3 Å². The summed E-state index contributed by atoms with van der Waals surface area (Å²) in [6, 6.07) is 6.31. The third-order valence-corrected chi connectivity index (χ3v) is 3.54. The Bertz CT molecular complexity index is 408. The molecule has 2 heterocycles. The van der Waals surface area contributed by atoms with E-state index in [0.717, 1.165) is 12.4 Å². The average molecular weight is 215 g/mol. The van der Waals surface area contributed by atoms with Gasteiger partial charge < -0.3 is 4.90 Å². The van der Waals surface area contributed by atoms with E-state index >= 15 is 0 Å². The summed E-state index contributed by atoms with van der Waals surface area (Å²) in [4.78, 5) is 6.69. The number of hydrogen-bond donors (Lipinski definition) is 0. The molecule has 1 aromatic rings. The zero-order valence-electron chi connectivity index (χ0n) is 9.85. The molecule has 0 aliphatic carbocycles. The summed E-state index contributed by atoms with van der Waals surface area (Å²) in [6.45, 7) is 5.57. The minimum Gasteiger partial charge on any atom is -0.354 e. The molecule has 0 amide bonds. The third kappa shape index (κ3) is 2.01. The summed E-state index contributed by atoms with van der Waals surface area (Å²) in [5, 5.41) is 8.88. The molecule has 3 nitrogen and oxygen atoms in total. The van der Waals surface area contributed by atoms with Gasteiger partial charge in [-0.1, -0.05) is 6.92 Å². The Kier molecular flexibility index (Phi) is 3.09. The van der Waals surface area contributed by atoms with Crippen LogP contribution in [0.5, 0.6) is 0 Å². The van der Waals surface area contributed by atoms with Crippen molar-refractivity contribution in [1.29, 1.82) is 5.26 Å². The fourth-order valence-corrected chi connectivity index (χ4v) is 2.30. The monoisotopic (exact) mass is 215 g/mol. The smallest absolute Gasteiger partial charge is 0.130 e. The predicted molar refractivity (Wildman–Crippen MR) is 64.2 cm³/mol. The van der Waals surface area contributed by atoms with Crippen molar-refractivity contribution in [3.05, 3.63) is 23.9 Å². The van der Waals surface area contributed by atoms with Crippen molar-refractivity contribution < 1.29 is 0 Å². The van der Waals surface area contributed by atoms with Gasteiger partial charge in [0, 0.05) is 18.8 Å². The van der Waals surface area contributed by atoms with E-state index in [0.29, 0.717) is 17.5 Å². The maximum absolute atomic E-state index is 8.88. The molecule has 1 aliphatic rings. The highest BCUT2D eigenvalue weighted by molar-refractivity contribution is 5.46. The highest BCUT2D eigenvalue weighted by Gasteiger charge is 2.25. The zero-order valence-corrected chi connectivity index (χ0v) is 9.85. The van der Waals surface area contributed by atoms with E-state index in [1.807, 2.05) is 6.07 Å². The molecule has 0 aromatic carbocycles. The standard InChI is InChI=1S/C13H17N3/c1-10-4-3-7-16(11(10)2)13-8-12(9-14)5-6-15-13/h5-6,8,10-11H,3-4,7H2,1-2H3. The van der Waals surface area contributed by atoms with Crippen molar-refractivity contribution in [3.63, 3.8) is 0 Å². The predicted octanol–water partition coefficient (Wildman–Crippen LogP) is 2.58. The first kappa shape index (κ1) is 10.9. The van der Waals surface area contributed by atoms with Crippen LogP contribution in [0.4, 0.5) is 5.82 Å². The lowest BCUT2D eigenvalue weighted by molar-refractivity contribution is 0.361. The molecule has 16 heavy (non-hydrogen) atoms. The summed E-state index contributed by atoms with van der Waals surface area (Å²) in [5.74, 6) is 1.64. The lowest BCUT2D eigenvalue weighted by Gasteiger charge is -2.38. The van der Waals surface area contributed by atoms with Gasteiger partial charge >= 0.3 is 0 Å². The number of nitrogens with zero attached hydrogens (tertiary/aromatic N) is 3. The second-order valence-corrected chi connectivity index (χ2v) is 4.57. The first-order chi connectivity index (χ1) is 7.72. The fraction of sp³-hybridized carbons (Fsp3) is 0.538. The van der Waals surface area contributed by atoms with Crippen LogP contribution in [0.2, 0.25) is 0 Å². The summed E-state index contributed by atoms with van der Waals surface area (Å²) in [7, 11) is 0. The van der Waals surface area contributed by atoms with Gasteiger partial charge in [0.15, 0.2) is 0 Å². The van der Waals surface area contributed by atoms with E-state index < -0.39 is 0 Å². The average Bonchev–Trinajstić information content (AvgIpc) is 2.33. The molecule has 0 saturated carbocycles. The Morgan fingerprint density at radius 1 is 1.50 bits per heavy atom. The van der Waals surface area contributed by atoms with Crippen LogP contribution in [-0.2, 0) is 0 Å². The first-order valence-corrected chi connectivity index (χ1v) is 5.85. The van der Waals surface area contributed by atoms with Crippen molar-refractivity contribution in [2.75, 3.05) is 11.4 Å². The van der Waals surface area contributed by atoms with E-state index in [1.54, 1.807) is 12.3 Å². The number of nitriles is 1. The molecular formula is C13H17N3. The molecule has 0 N–H and O–H groups in total. The molecule has 2 rings (SSSR count). The summed E-state index contributed by atoms with van der Waals surface area (Å²) in [6.07, 6.45) is 4.22. The Morgan fingerprint density at radius 3 is 3.06 bits per heavy atom. The van der Waals surface area contributed by atoms with Crippen LogP contribution in [0.3, 0.4) is 0 Å². The third-order valence-electron chi connectivity index (χ3n) is 3.54. The van der Waals surface area contributed by atoms with Gasteiger partial charge in [0.25, 0.3) is 0 Å². The lowest BCUT2D eigenvalue weighted by Crippen LogP contribution is -2.42. The molecule has 1 aliphatic heterocycles. The van der Waals surface area contributed by atoms with Crippen molar-refractivity contribution in [2.24, 2.45) is 5.92 Å². The molecule has 2 unspecified atom stereocenters. The topological polar surface area (TPSA) is 39.9 Å². The molecule has 84 valence electrons. The van der Waals surface area contributed by atoms with Gasteiger partial charge in [-0.25, -0.2) is 4.98 Å². The van der Waals surface area contributed by atoms with Gasteiger partial charge in [-0.05, 0) is 37.8 Å². The molecule has 1 fully saturated rings. The second-order valence-electron chi connectivity index (χ2n) is 4.57. The van der Waals surface area contributed by atoms with Crippen LogP contribution < -0.4 is 4.90 Å². The number of piperidine rings is 1. The normalized spacial score (nSPS) is 25.2. The van der Waals surface area contributed by atoms with E-state index in [1.165, 1.54) is 12.8 Å². The van der Waals surface area contributed by atoms with Crippen molar-refractivity contribution in [1.82, 2.24) is 4.98 Å². The number of pyridine rings is 1. The van der Waals surface area contributed by atoms with Crippen LogP contribution >= 0.6 is 0 Å². The molecular weight excluding hydrogens is 198 g/mol. The summed E-state index contributed by atoms with van der Waals surface area (Å²) in [5.41, 5.74) is 0.690. The van der Waals surface area contributed by atoms with Gasteiger partial charge in [-0.15, -0.1) is 0 Å². The number of hydrogen-bond acceptors (Lipinski definition) is 3. The second kappa shape index (κ2) is 4.52. The quantitative estimate of drug-likeness (QED) is 0.723. The van der Waals surface area contributed by atoms with E-state index in [-0.39, 0.29) is 0 Å². The largest absolute Gasteiger partial charge is 0.354 e. The molecule has 1 saturated heterocycles. The lowest BCUT2D eigenvalue weighted by atomic mass is 9.92. The molecule has 0 spiro atoms. The minimum atomic E-state index is 0.509. The molecule has 0 radical (unpaired) electrons. The molecule has 2 atom stereocenters. The van der Waals surface area contributed by atoms with Crippen LogP contribution in [-0.4, -0.2) is 17.6 Å². The van der Waals surface area contributed by atoms with E-state index in [2.05, 4.69) is 29.8 Å². The number of aromatic nitrogens is 1. The summed E-state index contributed by atoms with van der Waals surface area (Å²) < 4.78 is 0. The van der Waals surface area contributed by atoms with Gasteiger partial charge in [0.05, 0.1) is 11.6 Å². The Balaban J connectivity index is 2.26. The van der Waals surface area contributed by atoms with Crippen molar-refractivity contribution >= 4 is 5.82 Å². The van der Waals surface area contributed by atoms with Crippen LogP contribution in [0, 0.1) is 17.2 Å². The first-order valence-electron chi connectivity index (χ1n) is 5.85. The van der Waals surface area contributed by atoms with Gasteiger partial charge in [0.2, 0.25) is 0 Å². The minimum absolute atomic E-state index is 0.509. The summed E-state index contributed by atoms with van der Waals surface area (Å²) >= 11 is 0. The van der Waals surface area contributed by atoms with Crippen LogP contribution in [0.25, 0.3) is 0 Å². The SMILES string of the molecule is CC1CCCN(c2cc(C#N)ccn2)C1C. The molecule has 1 aromatic heterocycles. The zero-order chi connectivity index (χ0) is 11.5.